The van der Waals surface area contributed by atoms with Crippen molar-refractivity contribution in [2.75, 3.05) is 0 Å². The van der Waals surface area contributed by atoms with Gasteiger partial charge in [-0.15, -0.1) is 11.3 Å². The second-order valence-electron chi connectivity index (χ2n) is 4.19. The van der Waals surface area contributed by atoms with Crippen LogP contribution in [-0.4, -0.2) is 4.98 Å². The van der Waals surface area contributed by atoms with Crippen LogP contribution in [0.5, 0.6) is 0 Å². The number of hydrogen-bond donors (Lipinski definition) is 1. The molecule has 0 aliphatic carbocycles. The smallest absolute Gasteiger partial charge is 0.0991 e. The van der Waals surface area contributed by atoms with Crippen molar-refractivity contribution in [3.05, 3.63) is 51.5 Å². The first kappa shape index (κ1) is 12.7. The van der Waals surface area contributed by atoms with Gasteiger partial charge in [0.2, 0.25) is 0 Å². The highest BCUT2D eigenvalue weighted by Crippen LogP contribution is 2.14. The molecule has 4 heteroatoms. The number of nitrogens with one attached hydrogen (secondary N) is 1. The number of benzene rings is 1. The van der Waals surface area contributed by atoms with Gasteiger partial charge >= 0.3 is 0 Å². The summed E-state index contributed by atoms with van der Waals surface area (Å²) in [5.74, 6) is 0. The van der Waals surface area contributed by atoms with E-state index in [4.69, 9.17) is 5.26 Å². The molecule has 2 aromatic rings. The van der Waals surface area contributed by atoms with Gasteiger partial charge in [0.25, 0.3) is 0 Å². The number of rotatable bonds is 4. The van der Waals surface area contributed by atoms with Crippen LogP contribution < -0.4 is 5.32 Å². The zero-order valence-electron chi connectivity index (χ0n) is 10.5. The molecule has 1 atom stereocenters. The lowest BCUT2D eigenvalue weighted by molar-refractivity contribution is 0.569. The van der Waals surface area contributed by atoms with Gasteiger partial charge in [-0.1, -0.05) is 12.1 Å². The lowest BCUT2D eigenvalue weighted by Crippen LogP contribution is -2.18. The lowest BCUT2D eigenvalue weighted by atomic mass is 10.1. The molecule has 1 aromatic carbocycles. The van der Waals surface area contributed by atoms with E-state index < -0.39 is 0 Å². The minimum Gasteiger partial charge on any atom is -0.305 e. The summed E-state index contributed by atoms with van der Waals surface area (Å²) >= 11 is 1.67. The quantitative estimate of drug-likeness (QED) is 0.915. The normalized spacial score (nSPS) is 12.1. The molecule has 18 heavy (non-hydrogen) atoms. The molecular formula is C14H15N3S. The second-order valence-corrected chi connectivity index (χ2v) is 5.26. The molecule has 0 fully saturated rings. The third kappa shape index (κ3) is 3.16. The van der Waals surface area contributed by atoms with Gasteiger partial charge in [0.05, 0.1) is 22.3 Å². The van der Waals surface area contributed by atoms with Gasteiger partial charge < -0.3 is 5.32 Å². The lowest BCUT2D eigenvalue weighted by Gasteiger charge is -2.13. The van der Waals surface area contributed by atoms with Crippen LogP contribution >= 0.6 is 11.3 Å². The summed E-state index contributed by atoms with van der Waals surface area (Å²) in [6, 6.07) is 10.0. The monoisotopic (exact) mass is 257 g/mol. The summed E-state index contributed by atoms with van der Waals surface area (Å²) in [5.41, 5.74) is 2.96. The van der Waals surface area contributed by atoms with Gasteiger partial charge in [0.1, 0.15) is 0 Å². The molecule has 1 aromatic heterocycles. The second kappa shape index (κ2) is 5.76. The van der Waals surface area contributed by atoms with Crippen molar-refractivity contribution in [1.29, 1.82) is 5.26 Å². The molecule has 1 unspecified atom stereocenters. The van der Waals surface area contributed by atoms with Gasteiger partial charge in [0, 0.05) is 18.0 Å². The zero-order chi connectivity index (χ0) is 13.0. The first-order valence-corrected chi connectivity index (χ1v) is 6.71. The van der Waals surface area contributed by atoms with E-state index in [9.17, 15) is 0 Å². The summed E-state index contributed by atoms with van der Waals surface area (Å²) in [4.78, 5) is 4.42. The molecule has 0 amide bonds. The predicted molar refractivity (Wildman–Crippen MR) is 73.3 cm³/mol. The molecule has 0 bridgehead atoms. The molecule has 1 heterocycles. The van der Waals surface area contributed by atoms with Crippen LogP contribution in [0.2, 0.25) is 0 Å². The van der Waals surface area contributed by atoms with Crippen LogP contribution in [-0.2, 0) is 6.54 Å². The van der Waals surface area contributed by atoms with E-state index >= 15 is 0 Å². The van der Waals surface area contributed by atoms with Gasteiger partial charge in [-0.2, -0.15) is 5.26 Å². The minimum atomic E-state index is 0.250. The van der Waals surface area contributed by atoms with Gasteiger partial charge in [-0.25, -0.2) is 4.98 Å². The molecule has 3 nitrogen and oxygen atoms in total. The molecule has 0 saturated carbocycles. The first-order valence-electron chi connectivity index (χ1n) is 5.83. The predicted octanol–water partition coefficient (Wildman–Crippen LogP) is 3.17. The molecule has 0 saturated heterocycles. The SMILES string of the molecule is Cc1nc(CNC(C)c2ccc(C#N)cc2)cs1. The van der Waals surface area contributed by atoms with Crippen molar-refractivity contribution in [2.24, 2.45) is 0 Å². The number of thiazole rings is 1. The number of aryl methyl sites for hydroxylation is 1. The van der Waals surface area contributed by atoms with Crippen LogP contribution in [0.3, 0.4) is 0 Å². The van der Waals surface area contributed by atoms with E-state index in [0.29, 0.717) is 5.56 Å². The maximum absolute atomic E-state index is 8.75. The van der Waals surface area contributed by atoms with E-state index in [2.05, 4.69) is 28.7 Å². The minimum absolute atomic E-state index is 0.250. The van der Waals surface area contributed by atoms with Crippen molar-refractivity contribution < 1.29 is 0 Å². The molecule has 0 aliphatic rings. The molecule has 0 radical (unpaired) electrons. The topological polar surface area (TPSA) is 48.7 Å². The Morgan fingerprint density at radius 1 is 1.39 bits per heavy atom. The van der Waals surface area contributed by atoms with Crippen LogP contribution in [0.1, 0.15) is 34.8 Å². The third-order valence-electron chi connectivity index (χ3n) is 2.80. The van der Waals surface area contributed by atoms with Gasteiger partial charge in [-0.3, -0.25) is 0 Å². The molecular weight excluding hydrogens is 242 g/mol. The number of nitriles is 1. The fraction of sp³-hybridized carbons (Fsp3) is 0.286. The van der Waals surface area contributed by atoms with Gasteiger partial charge in [-0.05, 0) is 31.5 Å². The van der Waals surface area contributed by atoms with Crippen LogP contribution in [0.25, 0.3) is 0 Å². The summed E-state index contributed by atoms with van der Waals surface area (Å²) in [5, 5.41) is 15.3. The fourth-order valence-corrected chi connectivity index (χ4v) is 2.32. The van der Waals surface area contributed by atoms with Crippen molar-refractivity contribution in [3.63, 3.8) is 0 Å². The van der Waals surface area contributed by atoms with Gasteiger partial charge in [0.15, 0.2) is 0 Å². The summed E-state index contributed by atoms with van der Waals surface area (Å²) in [6.45, 7) is 4.89. The molecule has 0 spiro atoms. The highest BCUT2D eigenvalue weighted by atomic mass is 32.1. The number of aromatic nitrogens is 1. The molecule has 2 rings (SSSR count). The van der Waals surface area contributed by atoms with Crippen molar-refractivity contribution in [3.8, 4) is 6.07 Å². The van der Waals surface area contributed by atoms with Crippen molar-refractivity contribution in [2.45, 2.75) is 26.4 Å². The summed E-state index contributed by atoms with van der Waals surface area (Å²) < 4.78 is 0. The van der Waals surface area contributed by atoms with Crippen LogP contribution in [0.15, 0.2) is 29.6 Å². The Labute approximate surface area is 111 Å². The summed E-state index contributed by atoms with van der Waals surface area (Å²) in [6.07, 6.45) is 0. The first-order chi connectivity index (χ1) is 8.69. The van der Waals surface area contributed by atoms with E-state index in [0.717, 1.165) is 17.2 Å². The largest absolute Gasteiger partial charge is 0.305 e. The van der Waals surface area contributed by atoms with E-state index in [-0.39, 0.29) is 6.04 Å². The Morgan fingerprint density at radius 2 is 2.11 bits per heavy atom. The Morgan fingerprint density at radius 3 is 2.67 bits per heavy atom. The Bertz CT molecular complexity index is 551. The van der Waals surface area contributed by atoms with Crippen LogP contribution in [0, 0.1) is 18.3 Å². The van der Waals surface area contributed by atoms with Crippen LogP contribution in [0.4, 0.5) is 0 Å². The Hall–Kier alpha value is -1.70. The highest BCUT2D eigenvalue weighted by molar-refractivity contribution is 7.09. The Kier molecular flexibility index (Phi) is 4.08. The summed E-state index contributed by atoms with van der Waals surface area (Å²) in [7, 11) is 0. The highest BCUT2D eigenvalue weighted by Gasteiger charge is 2.06. The van der Waals surface area contributed by atoms with E-state index in [1.165, 1.54) is 5.56 Å². The fourth-order valence-electron chi connectivity index (χ4n) is 1.71. The molecule has 0 aliphatic heterocycles. The van der Waals surface area contributed by atoms with Crippen molar-refractivity contribution >= 4 is 11.3 Å². The van der Waals surface area contributed by atoms with Crippen molar-refractivity contribution in [1.82, 2.24) is 10.3 Å². The number of hydrogen-bond acceptors (Lipinski definition) is 4. The molecule has 92 valence electrons. The average Bonchev–Trinajstić information content (AvgIpc) is 2.82. The zero-order valence-corrected chi connectivity index (χ0v) is 11.3. The maximum Gasteiger partial charge on any atom is 0.0991 e. The van der Waals surface area contributed by atoms with E-state index in [1.807, 2.05) is 31.2 Å². The third-order valence-corrected chi connectivity index (χ3v) is 3.62. The average molecular weight is 257 g/mol. The Balaban J connectivity index is 1.95. The molecule has 1 N–H and O–H groups in total. The van der Waals surface area contributed by atoms with E-state index in [1.54, 1.807) is 11.3 Å². The standard InChI is InChI=1S/C14H15N3S/c1-10(13-5-3-12(7-15)4-6-13)16-8-14-9-18-11(2)17-14/h3-6,9-10,16H,8H2,1-2H3. The maximum atomic E-state index is 8.75. The number of nitrogens with zero attached hydrogens (tertiary/aromatic N) is 2.